The molecular weight excluding hydrogens is 288 g/mol. The number of aldehydes is 1. The molecule has 1 aromatic heterocycles. The molecule has 1 saturated carbocycles. The molecule has 1 heterocycles. The largest absolute Gasteiger partial charge is 0.472 e. The second-order valence-corrected chi connectivity index (χ2v) is 8.43. The van der Waals surface area contributed by atoms with Crippen molar-refractivity contribution in [2.45, 2.75) is 51.4 Å². The summed E-state index contributed by atoms with van der Waals surface area (Å²) in [6.45, 7) is 4.70. The van der Waals surface area contributed by atoms with Gasteiger partial charge in [0, 0.05) is 11.0 Å². The molecule has 0 aromatic carbocycles. The Labute approximate surface area is 137 Å². The molecule has 1 N–H and O–H groups in total. The maximum atomic E-state index is 12.3. The van der Waals surface area contributed by atoms with Crippen molar-refractivity contribution >= 4 is 6.29 Å². The SMILES string of the molecule is C[C@]12CC=C[C@](C)(CO)[C@@H]1CC[C@@]1(C=O)c3cocc3CC[C@H]21. The number of carbonyl (C=O) groups excluding carboxylic acids is 1. The molecule has 3 nitrogen and oxygen atoms in total. The molecule has 0 aliphatic heterocycles. The third-order valence-electron chi connectivity index (χ3n) is 7.41. The number of rotatable bonds is 2. The van der Waals surface area contributed by atoms with Crippen molar-refractivity contribution in [3.8, 4) is 0 Å². The Morgan fingerprint density at radius 2 is 2.13 bits per heavy atom. The minimum Gasteiger partial charge on any atom is -0.472 e. The quantitative estimate of drug-likeness (QED) is 0.669. The van der Waals surface area contributed by atoms with Crippen molar-refractivity contribution < 1.29 is 14.3 Å². The number of carbonyl (C=O) groups is 1. The third kappa shape index (κ3) is 1.77. The lowest BCUT2D eigenvalue weighted by Crippen LogP contribution is -2.59. The molecule has 0 amide bonds. The number of allylic oxidation sites excluding steroid dienone is 1. The summed E-state index contributed by atoms with van der Waals surface area (Å²) < 4.78 is 5.46. The minimum absolute atomic E-state index is 0.0559. The Morgan fingerprint density at radius 3 is 2.87 bits per heavy atom. The fourth-order valence-corrected chi connectivity index (χ4v) is 6.29. The van der Waals surface area contributed by atoms with Crippen LogP contribution in [0.4, 0.5) is 0 Å². The molecule has 3 aliphatic rings. The highest BCUT2D eigenvalue weighted by molar-refractivity contribution is 5.71. The lowest BCUT2D eigenvalue weighted by atomic mass is 9.41. The number of hydrogen-bond donors (Lipinski definition) is 1. The van der Waals surface area contributed by atoms with Gasteiger partial charge in [0.2, 0.25) is 0 Å². The Hall–Kier alpha value is -1.35. The topological polar surface area (TPSA) is 50.4 Å². The molecule has 1 aromatic rings. The minimum atomic E-state index is -0.395. The fraction of sp³-hybridized carbons (Fsp3) is 0.650. The lowest BCUT2D eigenvalue weighted by Gasteiger charge is -2.61. The highest BCUT2D eigenvalue weighted by Gasteiger charge is 2.61. The second-order valence-electron chi connectivity index (χ2n) is 8.43. The number of fused-ring (bicyclic) bond motifs is 5. The van der Waals surface area contributed by atoms with Crippen LogP contribution < -0.4 is 0 Å². The van der Waals surface area contributed by atoms with Gasteiger partial charge in [-0.25, -0.2) is 0 Å². The lowest BCUT2D eigenvalue weighted by molar-refractivity contribution is -0.130. The van der Waals surface area contributed by atoms with Crippen LogP contribution in [-0.4, -0.2) is 18.0 Å². The smallest absolute Gasteiger partial charge is 0.130 e. The fourth-order valence-electron chi connectivity index (χ4n) is 6.29. The zero-order valence-electron chi connectivity index (χ0n) is 14.0. The van der Waals surface area contributed by atoms with E-state index in [-0.39, 0.29) is 17.4 Å². The molecule has 23 heavy (non-hydrogen) atoms. The van der Waals surface area contributed by atoms with Crippen molar-refractivity contribution in [2.24, 2.45) is 22.7 Å². The average molecular weight is 314 g/mol. The standard InChI is InChI=1S/C20H26O3/c1-18(12-21)7-3-8-19(2)16(18)6-9-20(13-22)15-11-23-10-14(15)4-5-17(19)20/h3,7,10-11,13,16-17,21H,4-6,8-9,12H2,1-2H3/t16-,17+,18+,19-,20+/m0/s1. The van der Waals surface area contributed by atoms with Crippen LogP contribution in [0.3, 0.4) is 0 Å². The summed E-state index contributed by atoms with van der Waals surface area (Å²) in [4.78, 5) is 12.3. The van der Waals surface area contributed by atoms with E-state index in [0.29, 0.717) is 11.8 Å². The van der Waals surface area contributed by atoms with E-state index in [1.54, 1.807) is 0 Å². The van der Waals surface area contributed by atoms with Gasteiger partial charge in [0.25, 0.3) is 0 Å². The second kappa shape index (κ2) is 4.83. The van der Waals surface area contributed by atoms with Gasteiger partial charge >= 0.3 is 0 Å². The molecule has 124 valence electrons. The number of furan rings is 1. The maximum Gasteiger partial charge on any atom is 0.130 e. The Kier molecular flexibility index (Phi) is 3.19. The molecule has 4 rings (SSSR count). The van der Waals surface area contributed by atoms with Crippen molar-refractivity contribution in [3.05, 3.63) is 35.8 Å². The Balaban J connectivity index is 1.85. The first-order valence-corrected chi connectivity index (χ1v) is 8.81. The van der Waals surface area contributed by atoms with Crippen LogP contribution in [0.2, 0.25) is 0 Å². The molecule has 0 saturated heterocycles. The van der Waals surface area contributed by atoms with Gasteiger partial charge in [0.15, 0.2) is 0 Å². The highest BCUT2D eigenvalue weighted by atomic mass is 16.3. The van der Waals surface area contributed by atoms with Gasteiger partial charge in [-0.15, -0.1) is 0 Å². The van der Waals surface area contributed by atoms with Crippen LogP contribution in [0.1, 0.15) is 50.7 Å². The molecule has 1 fully saturated rings. The summed E-state index contributed by atoms with van der Waals surface area (Å²) in [6.07, 6.45) is 14.2. The van der Waals surface area contributed by atoms with Gasteiger partial charge in [-0.1, -0.05) is 26.0 Å². The molecule has 3 aliphatic carbocycles. The number of aliphatic hydroxyl groups is 1. The van der Waals surface area contributed by atoms with Gasteiger partial charge in [0.1, 0.15) is 6.29 Å². The number of aliphatic hydroxyl groups excluding tert-OH is 1. The van der Waals surface area contributed by atoms with E-state index in [0.717, 1.165) is 37.7 Å². The predicted octanol–water partition coefficient (Wildman–Crippen LogP) is 3.65. The molecule has 0 bridgehead atoms. The van der Waals surface area contributed by atoms with E-state index in [9.17, 15) is 9.90 Å². The van der Waals surface area contributed by atoms with E-state index in [1.807, 2.05) is 12.5 Å². The van der Waals surface area contributed by atoms with Gasteiger partial charge in [0.05, 0.1) is 24.5 Å². The summed E-state index contributed by atoms with van der Waals surface area (Å²) in [5, 5.41) is 10.0. The van der Waals surface area contributed by atoms with Crippen molar-refractivity contribution in [1.29, 1.82) is 0 Å². The normalized spacial score (nSPS) is 45.0. The predicted molar refractivity (Wildman–Crippen MR) is 88.0 cm³/mol. The summed E-state index contributed by atoms with van der Waals surface area (Å²) in [7, 11) is 0. The van der Waals surface area contributed by atoms with Gasteiger partial charge in [-0.3, -0.25) is 0 Å². The summed E-state index contributed by atoms with van der Waals surface area (Å²) >= 11 is 0. The third-order valence-corrected chi connectivity index (χ3v) is 7.41. The summed E-state index contributed by atoms with van der Waals surface area (Å²) in [6, 6.07) is 0. The van der Waals surface area contributed by atoms with E-state index in [4.69, 9.17) is 4.42 Å². The zero-order valence-corrected chi connectivity index (χ0v) is 14.0. The van der Waals surface area contributed by atoms with E-state index in [2.05, 4.69) is 26.0 Å². The highest BCUT2D eigenvalue weighted by Crippen LogP contribution is 2.65. The molecule has 0 spiro atoms. The van der Waals surface area contributed by atoms with Crippen LogP contribution in [0.25, 0.3) is 0 Å². The molecular formula is C20H26O3. The van der Waals surface area contributed by atoms with Crippen LogP contribution in [0.15, 0.2) is 29.1 Å². The summed E-state index contributed by atoms with van der Waals surface area (Å²) in [5.41, 5.74) is 1.84. The number of hydrogen-bond acceptors (Lipinski definition) is 3. The Morgan fingerprint density at radius 1 is 1.30 bits per heavy atom. The Bertz CT molecular complexity index is 660. The van der Waals surface area contributed by atoms with Crippen molar-refractivity contribution in [2.75, 3.05) is 6.61 Å². The average Bonchev–Trinajstić information content (AvgIpc) is 3.03. The zero-order chi connectivity index (χ0) is 16.3. The van der Waals surface area contributed by atoms with Gasteiger partial charge < -0.3 is 14.3 Å². The molecule has 3 heteroatoms. The van der Waals surface area contributed by atoms with Crippen LogP contribution in [0, 0.1) is 22.7 Å². The van der Waals surface area contributed by atoms with Crippen molar-refractivity contribution in [3.63, 3.8) is 0 Å². The number of aryl methyl sites for hydroxylation is 1. The van der Waals surface area contributed by atoms with Crippen molar-refractivity contribution in [1.82, 2.24) is 0 Å². The van der Waals surface area contributed by atoms with E-state index < -0.39 is 5.41 Å². The van der Waals surface area contributed by atoms with Gasteiger partial charge in [-0.2, -0.15) is 0 Å². The molecule has 0 radical (unpaired) electrons. The monoisotopic (exact) mass is 314 g/mol. The molecule has 0 unspecified atom stereocenters. The first kappa shape index (κ1) is 15.2. The summed E-state index contributed by atoms with van der Waals surface area (Å²) in [5.74, 6) is 0.753. The molecule has 5 atom stereocenters. The van der Waals surface area contributed by atoms with Crippen LogP contribution in [-0.2, 0) is 16.6 Å². The van der Waals surface area contributed by atoms with E-state index >= 15 is 0 Å². The first-order chi connectivity index (χ1) is 11.0. The van der Waals surface area contributed by atoms with E-state index in [1.165, 1.54) is 11.8 Å². The van der Waals surface area contributed by atoms with Crippen LogP contribution >= 0.6 is 0 Å². The first-order valence-electron chi connectivity index (χ1n) is 8.81. The van der Waals surface area contributed by atoms with Gasteiger partial charge in [-0.05, 0) is 54.9 Å². The van der Waals surface area contributed by atoms with Crippen LogP contribution in [0.5, 0.6) is 0 Å². The maximum absolute atomic E-state index is 12.3.